The molecule has 158 valence electrons. The summed E-state index contributed by atoms with van der Waals surface area (Å²) in [7, 11) is -4.01. The monoisotopic (exact) mass is 429 g/mol. The van der Waals surface area contributed by atoms with Crippen molar-refractivity contribution in [1.29, 1.82) is 0 Å². The number of benzene rings is 2. The number of carboxylic acid groups (broad SMARTS) is 1. The Balaban J connectivity index is 1.71. The Bertz CT molecular complexity index is 1040. The van der Waals surface area contributed by atoms with Crippen LogP contribution in [0.15, 0.2) is 59.5 Å². The molecule has 0 radical (unpaired) electrons. The van der Waals surface area contributed by atoms with Gasteiger partial charge in [-0.2, -0.15) is 4.31 Å². The fourth-order valence-electron chi connectivity index (χ4n) is 3.28. The molecule has 0 spiro atoms. The van der Waals surface area contributed by atoms with Crippen molar-refractivity contribution in [2.45, 2.75) is 37.0 Å². The number of hydrogen-bond donors (Lipinski definition) is 1. The van der Waals surface area contributed by atoms with Crippen LogP contribution in [-0.2, 0) is 19.6 Å². The summed E-state index contributed by atoms with van der Waals surface area (Å²) in [6.07, 6.45) is -1.16. The summed E-state index contributed by atoms with van der Waals surface area (Å²) in [5.41, 5.74) is 0.879. The summed E-state index contributed by atoms with van der Waals surface area (Å²) in [5, 5.41) is 9.50. The molecule has 7 nitrogen and oxygen atoms in total. The summed E-state index contributed by atoms with van der Waals surface area (Å²) in [4.78, 5) is 11.6. The lowest BCUT2D eigenvalue weighted by Gasteiger charge is -2.39. The van der Waals surface area contributed by atoms with E-state index in [0.29, 0.717) is 5.75 Å². The van der Waals surface area contributed by atoms with Gasteiger partial charge in [0.15, 0.2) is 0 Å². The Morgan fingerprint density at radius 2 is 1.83 bits per heavy atom. The van der Waals surface area contributed by atoms with Gasteiger partial charge in [0.25, 0.3) is 0 Å². The third-order valence-electron chi connectivity index (χ3n) is 4.64. The molecule has 0 aliphatic carbocycles. The zero-order valence-electron chi connectivity index (χ0n) is 16.7. The molecule has 0 amide bonds. The second-order valence-electron chi connectivity index (χ2n) is 6.94. The zero-order chi connectivity index (χ0) is 21.7. The van der Waals surface area contributed by atoms with Gasteiger partial charge in [0.1, 0.15) is 18.4 Å². The molecule has 1 aliphatic rings. The van der Waals surface area contributed by atoms with Crippen LogP contribution in [0.5, 0.6) is 5.75 Å². The van der Waals surface area contributed by atoms with E-state index in [0.717, 1.165) is 9.87 Å². The zero-order valence-corrected chi connectivity index (χ0v) is 17.5. The number of hydrogen-bond acceptors (Lipinski definition) is 5. The highest BCUT2D eigenvalue weighted by atomic mass is 32.2. The van der Waals surface area contributed by atoms with Gasteiger partial charge >= 0.3 is 5.97 Å². The van der Waals surface area contributed by atoms with Gasteiger partial charge < -0.3 is 14.6 Å². The van der Waals surface area contributed by atoms with Crippen molar-refractivity contribution in [2.24, 2.45) is 0 Å². The first-order chi connectivity index (χ1) is 14.3. The second kappa shape index (κ2) is 9.30. The van der Waals surface area contributed by atoms with Crippen LogP contribution in [0.4, 0.5) is 0 Å². The number of rotatable bonds is 5. The fraction of sp³-hybridized carbons (Fsp3) is 0.318. The smallest absolute Gasteiger partial charge is 0.324 e. The number of carboxylic acids is 1. The van der Waals surface area contributed by atoms with E-state index in [4.69, 9.17) is 9.47 Å². The second-order valence-corrected chi connectivity index (χ2v) is 8.83. The molecule has 1 aliphatic heterocycles. The molecule has 0 saturated carbocycles. The molecule has 0 unspecified atom stereocenters. The third kappa shape index (κ3) is 5.00. The summed E-state index contributed by atoms with van der Waals surface area (Å²) >= 11 is 0. The van der Waals surface area contributed by atoms with Crippen molar-refractivity contribution in [3.63, 3.8) is 0 Å². The molecular weight excluding hydrogens is 406 g/mol. The molecule has 1 N–H and O–H groups in total. The topological polar surface area (TPSA) is 93.1 Å². The number of morpholine rings is 1. The Morgan fingerprint density at radius 3 is 2.47 bits per heavy atom. The van der Waals surface area contributed by atoms with Crippen LogP contribution in [0.3, 0.4) is 0 Å². The first kappa shape index (κ1) is 21.8. The Kier molecular flexibility index (Phi) is 6.77. The van der Waals surface area contributed by atoms with Crippen molar-refractivity contribution in [3.05, 3.63) is 60.2 Å². The van der Waals surface area contributed by atoms with Gasteiger partial charge in [-0.1, -0.05) is 30.0 Å². The first-order valence-corrected chi connectivity index (χ1v) is 10.9. The van der Waals surface area contributed by atoms with Gasteiger partial charge in [-0.05, 0) is 50.2 Å². The minimum absolute atomic E-state index is 0.00207. The largest absolute Gasteiger partial charge is 0.481 e. The van der Waals surface area contributed by atoms with Crippen LogP contribution in [0.25, 0.3) is 0 Å². The molecule has 2 aromatic carbocycles. The van der Waals surface area contributed by atoms with Crippen molar-refractivity contribution in [1.82, 2.24) is 4.31 Å². The SMILES string of the molecule is C[C@@H]1O[C@@H](C)CN(S(=O)(=O)c2ccc(OCC#Cc3ccccc3)cc2)[C@H]1C(=O)O. The lowest BCUT2D eigenvalue weighted by Crippen LogP contribution is -2.58. The lowest BCUT2D eigenvalue weighted by molar-refractivity contribution is -0.155. The minimum Gasteiger partial charge on any atom is -0.481 e. The summed E-state index contributed by atoms with van der Waals surface area (Å²) in [5.74, 6) is 5.10. The summed E-state index contributed by atoms with van der Waals surface area (Å²) in [6, 6.07) is 14.1. The van der Waals surface area contributed by atoms with Crippen LogP contribution in [0.1, 0.15) is 19.4 Å². The number of aliphatic carboxylic acids is 1. The van der Waals surface area contributed by atoms with Crippen molar-refractivity contribution in [3.8, 4) is 17.6 Å². The molecule has 3 atom stereocenters. The molecule has 1 saturated heterocycles. The molecule has 2 aromatic rings. The standard InChI is InChI=1S/C22H23NO6S/c1-16-15-23(21(22(24)25)17(2)29-16)30(26,27)20-12-10-19(11-13-20)28-14-6-9-18-7-4-3-5-8-18/h3-5,7-8,10-13,16-17,21H,14-15H2,1-2H3,(H,24,25)/t16-,17-,21+/m0/s1. The van der Waals surface area contributed by atoms with Crippen molar-refractivity contribution < 1.29 is 27.8 Å². The Morgan fingerprint density at radius 1 is 1.17 bits per heavy atom. The van der Waals surface area contributed by atoms with E-state index in [2.05, 4.69) is 11.8 Å². The maximum Gasteiger partial charge on any atom is 0.324 e. The van der Waals surface area contributed by atoms with E-state index in [9.17, 15) is 18.3 Å². The van der Waals surface area contributed by atoms with Gasteiger partial charge in [0, 0.05) is 12.1 Å². The van der Waals surface area contributed by atoms with E-state index < -0.39 is 34.2 Å². The molecule has 3 rings (SSSR count). The van der Waals surface area contributed by atoms with Crippen LogP contribution >= 0.6 is 0 Å². The highest BCUT2D eigenvalue weighted by molar-refractivity contribution is 7.89. The van der Waals surface area contributed by atoms with E-state index in [1.807, 2.05) is 30.3 Å². The highest BCUT2D eigenvalue weighted by Gasteiger charge is 2.44. The third-order valence-corrected chi connectivity index (χ3v) is 6.50. The number of nitrogens with zero attached hydrogens (tertiary/aromatic N) is 1. The average Bonchev–Trinajstić information content (AvgIpc) is 2.71. The minimum atomic E-state index is -4.01. The number of sulfonamides is 1. The number of carbonyl (C=O) groups is 1. The normalized spacial score (nSPS) is 22.0. The average molecular weight is 429 g/mol. The van der Waals surface area contributed by atoms with E-state index in [-0.39, 0.29) is 18.0 Å². The van der Waals surface area contributed by atoms with Gasteiger partial charge in [-0.15, -0.1) is 0 Å². The van der Waals surface area contributed by atoms with Gasteiger partial charge in [0.2, 0.25) is 10.0 Å². The summed E-state index contributed by atoms with van der Waals surface area (Å²) in [6.45, 7) is 3.40. The Labute approximate surface area is 176 Å². The first-order valence-electron chi connectivity index (χ1n) is 9.46. The molecule has 0 aromatic heterocycles. The molecular formula is C22H23NO6S. The van der Waals surface area contributed by atoms with E-state index >= 15 is 0 Å². The quantitative estimate of drug-likeness (QED) is 0.734. The van der Waals surface area contributed by atoms with Gasteiger partial charge in [-0.25, -0.2) is 8.42 Å². The van der Waals surface area contributed by atoms with Crippen molar-refractivity contribution in [2.75, 3.05) is 13.2 Å². The molecule has 0 bridgehead atoms. The Hall–Kier alpha value is -2.86. The fourth-order valence-corrected chi connectivity index (χ4v) is 5.00. The molecule has 1 heterocycles. The number of ether oxygens (including phenoxy) is 2. The predicted octanol–water partition coefficient (Wildman–Crippen LogP) is 2.37. The van der Waals surface area contributed by atoms with Crippen LogP contribution in [0.2, 0.25) is 0 Å². The van der Waals surface area contributed by atoms with E-state index in [1.54, 1.807) is 13.8 Å². The van der Waals surface area contributed by atoms with Crippen molar-refractivity contribution >= 4 is 16.0 Å². The summed E-state index contributed by atoms with van der Waals surface area (Å²) < 4.78 is 38.2. The molecule has 8 heteroatoms. The maximum atomic E-state index is 13.1. The lowest BCUT2D eigenvalue weighted by atomic mass is 10.1. The van der Waals surface area contributed by atoms with Gasteiger partial charge in [-0.3, -0.25) is 4.79 Å². The van der Waals surface area contributed by atoms with Gasteiger partial charge in [0.05, 0.1) is 17.1 Å². The molecule has 30 heavy (non-hydrogen) atoms. The van der Waals surface area contributed by atoms with Crippen LogP contribution < -0.4 is 4.74 Å². The predicted molar refractivity (Wildman–Crippen MR) is 111 cm³/mol. The van der Waals surface area contributed by atoms with Crippen LogP contribution in [0, 0.1) is 11.8 Å². The van der Waals surface area contributed by atoms with E-state index in [1.165, 1.54) is 24.3 Å². The van der Waals surface area contributed by atoms with Crippen LogP contribution in [-0.4, -0.2) is 55.2 Å². The molecule has 1 fully saturated rings. The highest BCUT2D eigenvalue weighted by Crippen LogP contribution is 2.27. The maximum absolute atomic E-state index is 13.1.